The van der Waals surface area contributed by atoms with Gasteiger partial charge in [0.1, 0.15) is 11.2 Å². The van der Waals surface area contributed by atoms with Crippen molar-refractivity contribution in [3.63, 3.8) is 0 Å². The molecule has 0 radical (unpaired) electrons. The molecule has 0 spiro atoms. The van der Waals surface area contributed by atoms with E-state index < -0.39 is 0 Å². The van der Waals surface area contributed by atoms with E-state index in [1.165, 1.54) is 0 Å². The van der Waals surface area contributed by atoms with Crippen molar-refractivity contribution >= 4 is 23.4 Å². The fourth-order valence-electron chi connectivity index (χ4n) is 1.80. The second-order valence-corrected chi connectivity index (χ2v) is 4.00. The average Bonchev–Trinajstić information content (AvgIpc) is 2.74. The predicted octanol–water partition coefficient (Wildman–Crippen LogP) is 2.90. The van der Waals surface area contributed by atoms with Gasteiger partial charge < -0.3 is 5.73 Å². The Labute approximate surface area is 102 Å². The molecular formula is C11H8ClN5. The van der Waals surface area contributed by atoms with Gasteiger partial charge in [-0.25, -0.2) is 4.98 Å². The van der Waals surface area contributed by atoms with Gasteiger partial charge in [-0.1, -0.05) is 41.9 Å². The van der Waals surface area contributed by atoms with E-state index >= 15 is 0 Å². The van der Waals surface area contributed by atoms with Crippen molar-refractivity contribution in [2.24, 2.45) is 10.2 Å². The Bertz CT molecular complexity index is 596. The number of azo groups is 1. The van der Waals surface area contributed by atoms with E-state index in [9.17, 15) is 0 Å². The van der Waals surface area contributed by atoms with E-state index in [0.717, 1.165) is 5.56 Å². The van der Waals surface area contributed by atoms with Gasteiger partial charge in [-0.15, -0.1) is 5.11 Å². The minimum atomic E-state index is -0.237. The van der Waals surface area contributed by atoms with Crippen molar-refractivity contribution in [3.8, 4) is 0 Å². The lowest BCUT2D eigenvalue weighted by atomic mass is 10.0. The molecule has 1 aromatic carbocycles. The van der Waals surface area contributed by atoms with Crippen LogP contribution in [-0.2, 0) is 0 Å². The lowest BCUT2D eigenvalue weighted by Crippen LogP contribution is -2.01. The average molecular weight is 246 g/mol. The number of nitrogens with zero attached hydrogens (tertiary/aromatic N) is 4. The molecule has 2 N–H and O–H groups in total. The quantitative estimate of drug-likeness (QED) is 0.785. The fraction of sp³-hybridized carbons (Fsp3) is 0.0909. The van der Waals surface area contributed by atoms with E-state index in [2.05, 4.69) is 20.2 Å². The number of nitrogens with two attached hydrogens (primary N) is 1. The number of hydrogen-bond acceptors (Lipinski definition) is 5. The Morgan fingerprint density at radius 2 is 1.88 bits per heavy atom. The van der Waals surface area contributed by atoms with Crippen molar-refractivity contribution in [3.05, 3.63) is 46.6 Å². The second-order valence-electron chi connectivity index (χ2n) is 3.64. The van der Waals surface area contributed by atoms with Crippen molar-refractivity contribution in [2.75, 3.05) is 5.73 Å². The lowest BCUT2D eigenvalue weighted by Gasteiger charge is -2.08. The maximum atomic E-state index is 6.07. The molecule has 0 saturated heterocycles. The van der Waals surface area contributed by atoms with E-state index in [-0.39, 0.29) is 12.0 Å². The zero-order chi connectivity index (χ0) is 11.8. The summed E-state index contributed by atoms with van der Waals surface area (Å²) in [6.45, 7) is 0. The van der Waals surface area contributed by atoms with Gasteiger partial charge >= 0.3 is 0 Å². The Morgan fingerprint density at radius 3 is 2.65 bits per heavy atom. The molecule has 2 heterocycles. The summed E-state index contributed by atoms with van der Waals surface area (Å²) in [4.78, 5) is 7.95. The summed E-state index contributed by atoms with van der Waals surface area (Å²) < 4.78 is 0. The highest BCUT2D eigenvalue weighted by molar-refractivity contribution is 6.30. The summed E-state index contributed by atoms with van der Waals surface area (Å²) in [5.41, 5.74) is 7.23. The number of rotatable bonds is 1. The van der Waals surface area contributed by atoms with Crippen LogP contribution in [0.15, 0.2) is 40.6 Å². The smallest absolute Gasteiger partial charge is 0.223 e. The molecule has 5 nitrogen and oxygen atoms in total. The lowest BCUT2D eigenvalue weighted by molar-refractivity contribution is 0.857. The van der Waals surface area contributed by atoms with Crippen LogP contribution >= 0.6 is 11.6 Å². The van der Waals surface area contributed by atoms with Crippen LogP contribution < -0.4 is 5.73 Å². The third-order valence-electron chi connectivity index (χ3n) is 2.55. The highest BCUT2D eigenvalue weighted by atomic mass is 35.5. The molecular weight excluding hydrogens is 238 g/mol. The van der Waals surface area contributed by atoms with Gasteiger partial charge in [0.2, 0.25) is 5.95 Å². The molecule has 0 fully saturated rings. The van der Waals surface area contributed by atoms with E-state index in [0.29, 0.717) is 16.5 Å². The summed E-state index contributed by atoms with van der Waals surface area (Å²) in [6.07, 6.45) is 0. The predicted molar refractivity (Wildman–Crippen MR) is 64.3 cm³/mol. The monoisotopic (exact) mass is 245 g/mol. The van der Waals surface area contributed by atoms with Gasteiger partial charge in [-0.2, -0.15) is 10.1 Å². The molecule has 0 amide bonds. The Morgan fingerprint density at radius 1 is 1.12 bits per heavy atom. The van der Waals surface area contributed by atoms with Crippen molar-refractivity contribution < 1.29 is 0 Å². The van der Waals surface area contributed by atoms with E-state index in [1.807, 2.05) is 30.3 Å². The van der Waals surface area contributed by atoms with Crippen molar-refractivity contribution in [1.82, 2.24) is 9.97 Å². The summed E-state index contributed by atoms with van der Waals surface area (Å²) in [5.74, 6) is 0.567. The maximum absolute atomic E-state index is 6.07. The number of halogens is 1. The largest absolute Gasteiger partial charge is 0.368 e. The summed E-state index contributed by atoms with van der Waals surface area (Å²) >= 11 is 6.07. The van der Waals surface area contributed by atoms with Crippen LogP contribution in [0.5, 0.6) is 0 Å². The van der Waals surface area contributed by atoms with Gasteiger partial charge in [-0.3, -0.25) is 0 Å². The van der Waals surface area contributed by atoms with Gasteiger partial charge in [0.15, 0.2) is 5.82 Å². The first-order valence-electron chi connectivity index (χ1n) is 5.04. The highest BCUT2D eigenvalue weighted by Gasteiger charge is 2.27. The Balaban J connectivity index is 2.14. The van der Waals surface area contributed by atoms with Crippen LogP contribution in [0.1, 0.15) is 17.2 Å². The molecule has 1 aromatic heterocycles. The van der Waals surface area contributed by atoms with Gasteiger partial charge in [0, 0.05) is 0 Å². The fourth-order valence-corrected chi connectivity index (χ4v) is 2.07. The summed E-state index contributed by atoms with van der Waals surface area (Å²) in [6, 6.07) is 9.51. The van der Waals surface area contributed by atoms with Crippen molar-refractivity contribution in [1.29, 1.82) is 0 Å². The van der Waals surface area contributed by atoms with Crippen LogP contribution in [0.25, 0.3) is 0 Å². The minimum absolute atomic E-state index is 0.112. The maximum Gasteiger partial charge on any atom is 0.223 e. The molecule has 1 aliphatic heterocycles. The van der Waals surface area contributed by atoms with Crippen LogP contribution in [0.3, 0.4) is 0 Å². The Hall–Kier alpha value is -2.01. The van der Waals surface area contributed by atoms with Crippen molar-refractivity contribution in [2.45, 2.75) is 6.04 Å². The normalized spacial score (nSPS) is 17.1. The number of fused-ring (bicyclic) bond motifs is 1. The molecule has 0 unspecified atom stereocenters. The van der Waals surface area contributed by atoms with Gasteiger partial charge in [0.05, 0.1) is 5.56 Å². The number of aromatic nitrogens is 2. The van der Waals surface area contributed by atoms with Crippen LogP contribution in [0.2, 0.25) is 5.15 Å². The van der Waals surface area contributed by atoms with Crippen LogP contribution in [0, 0.1) is 0 Å². The summed E-state index contributed by atoms with van der Waals surface area (Å²) in [5, 5.41) is 8.46. The molecule has 84 valence electrons. The first kappa shape index (κ1) is 10.2. The third kappa shape index (κ3) is 1.64. The summed E-state index contributed by atoms with van der Waals surface area (Å²) in [7, 11) is 0. The first-order valence-corrected chi connectivity index (χ1v) is 5.42. The molecule has 1 aliphatic rings. The topological polar surface area (TPSA) is 76.5 Å². The van der Waals surface area contributed by atoms with Gasteiger partial charge in [-0.05, 0) is 5.56 Å². The minimum Gasteiger partial charge on any atom is -0.368 e. The first-order chi connectivity index (χ1) is 8.25. The van der Waals surface area contributed by atoms with E-state index in [1.54, 1.807) is 0 Å². The molecule has 3 rings (SSSR count). The number of nitrogen functional groups attached to an aromatic ring is 1. The van der Waals surface area contributed by atoms with Gasteiger partial charge in [0.25, 0.3) is 0 Å². The molecule has 0 bridgehead atoms. The molecule has 6 heteroatoms. The zero-order valence-electron chi connectivity index (χ0n) is 8.71. The SMILES string of the molecule is Nc1nc(Cl)c2c(n1)N=N[C@@H]2c1ccccc1. The standard InChI is InChI=1S/C11H8ClN5/c12-9-7-8(6-4-2-1-3-5-6)16-17-10(7)15-11(13)14-9/h1-5,8H,(H2,13,14,15)/t8-/m1/s1. The Kier molecular flexibility index (Phi) is 2.26. The zero-order valence-corrected chi connectivity index (χ0v) is 9.46. The third-order valence-corrected chi connectivity index (χ3v) is 2.84. The highest BCUT2D eigenvalue weighted by Crippen LogP contribution is 2.41. The molecule has 17 heavy (non-hydrogen) atoms. The van der Waals surface area contributed by atoms with Crippen LogP contribution in [0.4, 0.5) is 11.8 Å². The molecule has 0 saturated carbocycles. The number of hydrogen-bond donors (Lipinski definition) is 1. The van der Waals surface area contributed by atoms with Crippen LogP contribution in [-0.4, -0.2) is 9.97 Å². The number of benzene rings is 1. The molecule has 1 atom stereocenters. The second kappa shape index (κ2) is 3.78. The number of anilines is 1. The van der Waals surface area contributed by atoms with E-state index in [4.69, 9.17) is 17.3 Å². The molecule has 0 aliphatic carbocycles. The molecule has 2 aromatic rings.